The summed E-state index contributed by atoms with van der Waals surface area (Å²) < 4.78 is 5.57. The number of morpholine rings is 1. The predicted octanol–water partition coefficient (Wildman–Crippen LogP) is 3.23. The van der Waals surface area contributed by atoms with Crippen LogP contribution in [-0.2, 0) is 17.8 Å². The van der Waals surface area contributed by atoms with Crippen molar-refractivity contribution in [2.45, 2.75) is 26.1 Å². The van der Waals surface area contributed by atoms with E-state index in [2.05, 4.69) is 27.4 Å². The Hall–Kier alpha value is -3.23. The number of hydrogen-bond acceptors (Lipinski definition) is 6. The number of amides is 2. The standard InChI is InChI=1S/C24H26N4O3S/c1-17-16-28(10-11-31-17)22-9-6-19(14-25-22)15-26-23(29)20-7-4-18(5-8-20)13-27-24(30)21-3-2-12-32-21/h2-9,12,14,17H,10-11,13,15-16H2,1H3,(H,26,29)(H,27,30). The van der Waals surface area contributed by atoms with Gasteiger partial charge in [0.2, 0.25) is 0 Å². The fourth-order valence-electron chi connectivity index (χ4n) is 3.47. The van der Waals surface area contributed by atoms with Gasteiger partial charge in [0.05, 0.1) is 17.6 Å². The zero-order valence-corrected chi connectivity index (χ0v) is 18.7. The molecule has 1 aliphatic heterocycles. The number of carbonyl (C=O) groups excluding carboxylic acids is 2. The van der Waals surface area contributed by atoms with Crippen LogP contribution < -0.4 is 15.5 Å². The summed E-state index contributed by atoms with van der Waals surface area (Å²) in [5.74, 6) is 0.687. The molecule has 1 aromatic carbocycles. The van der Waals surface area contributed by atoms with Crippen LogP contribution in [0.15, 0.2) is 60.1 Å². The van der Waals surface area contributed by atoms with Gasteiger partial charge in [0, 0.05) is 37.9 Å². The van der Waals surface area contributed by atoms with Crippen LogP contribution in [0.5, 0.6) is 0 Å². The molecule has 1 unspecified atom stereocenters. The number of carbonyl (C=O) groups is 2. The lowest BCUT2D eigenvalue weighted by Crippen LogP contribution is -2.41. The highest BCUT2D eigenvalue weighted by atomic mass is 32.1. The summed E-state index contributed by atoms with van der Waals surface area (Å²) in [6.45, 7) is 5.25. The van der Waals surface area contributed by atoms with Crippen molar-refractivity contribution in [3.63, 3.8) is 0 Å². The van der Waals surface area contributed by atoms with Gasteiger partial charge in [0.15, 0.2) is 0 Å². The second kappa shape index (κ2) is 10.4. The molecule has 1 saturated heterocycles. The summed E-state index contributed by atoms with van der Waals surface area (Å²) in [6.07, 6.45) is 2.00. The number of aromatic nitrogens is 1. The van der Waals surface area contributed by atoms with Crippen molar-refractivity contribution in [1.82, 2.24) is 15.6 Å². The van der Waals surface area contributed by atoms with Gasteiger partial charge in [-0.1, -0.05) is 24.3 Å². The number of nitrogens with one attached hydrogen (secondary N) is 2. The van der Waals surface area contributed by atoms with E-state index in [0.29, 0.717) is 30.1 Å². The molecule has 8 heteroatoms. The first-order chi connectivity index (χ1) is 15.6. The minimum absolute atomic E-state index is 0.0930. The molecular weight excluding hydrogens is 424 g/mol. The number of hydrogen-bond donors (Lipinski definition) is 2. The quantitative estimate of drug-likeness (QED) is 0.578. The van der Waals surface area contributed by atoms with Gasteiger partial charge < -0.3 is 20.3 Å². The number of anilines is 1. The molecule has 0 aliphatic carbocycles. The van der Waals surface area contributed by atoms with Crippen molar-refractivity contribution in [1.29, 1.82) is 0 Å². The number of rotatable bonds is 7. The van der Waals surface area contributed by atoms with Crippen LogP contribution >= 0.6 is 11.3 Å². The van der Waals surface area contributed by atoms with Gasteiger partial charge in [-0.25, -0.2) is 4.98 Å². The van der Waals surface area contributed by atoms with E-state index in [-0.39, 0.29) is 17.9 Å². The third kappa shape index (κ3) is 5.72. The third-order valence-corrected chi connectivity index (χ3v) is 6.11. The maximum Gasteiger partial charge on any atom is 0.261 e. The number of nitrogens with zero attached hydrogens (tertiary/aromatic N) is 2. The lowest BCUT2D eigenvalue weighted by molar-refractivity contribution is 0.0529. The Morgan fingerprint density at radius 2 is 1.81 bits per heavy atom. The Morgan fingerprint density at radius 1 is 1.06 bits per heavy atom. The fraction of sp³-hybridized carbons (Fsp3) is 0.292. The lowest BCUT2D eigenvalue weighted by atomic mass is 10.1. The third-order valence-electron chi connectivity index (χ3n) is 5.24. The first kappa shape index (κ1) is 22.0. The molecule has 0 radical (unpaired) electrons. The topological polar surface area (TPSA) is 83.6 Å². The van der Waals surface area contributed by atoms with E-state index in [0.717, 1.165) is 30.0 Å². The van der Waals surface area contributed by atoms with Crippen molar-refractivity contribution >= 4 is 29.0 Å². The molecule has 0 bridgehead atoms. The number of ether oxygens (including phenoxy) is 1. The molecule has 3 aromatic rings. The first-order valence-electron chi connectivity index (χ1n) is 10.6. The second-order valence-corrected chi connectivity index (χ2v) is 8.64. The number of thiophene rings is 1. The molecule has 2 N–H and O–H groups in total. The van der Waals surface area contributed by atoms with Crippen molar-refractivity contribution in [3.8, 4) is 0 Å². The zero-order chi connectivity index (χ0) is 22.3. The molecule has 0 saturated carbocycles. The molecule has 1 atom stereocenters. The zero-order valence-electron chi connectivity index (χ0n) is 17.9. The van der Waals surface area contributed by atoms with Crippen LogP contribution in [0.1, 0.15) is 38.1 Å². The largest absolute Gasteiger partial charge is 0.375 e. The van der Waals surface area contributed by atoms with Crippen molar-refractivity contribution in [2.75, 3.05) is 24.6 Å². The Kier molecular flexibility index (Phi) is 7.14. The van der Waals surface area contributed by atoms with E-state index in [1.807, 2.05) is 35.7 Å². The smallest absolute Gasteiger partial charge is 0.261 e. The molecular formula is C24H26N4O3S. The minimum atomic E-state index is -0.148. The highest BCUT2D eigenvalue weighted by Crippen LogP contribution is 2.15. The summed E-state index contributed by atoms with van der Waals surface area (Å²) in [7, 11) is 0. The summed E-state index contributed by atoms with van der Waals surface area (Å²) in [4.78, 5) is 31.9. The summed E-state index contributed by atoms with van der Waals surface area (Å²) in [5.41, 5.74) is 2.45. The summed E-state index contributed by atoms with van der Waals surface area (Å²) in [5, 5.41) is 7.68. The van der Waals surface area contributed by atoms with E-state index in [4.69, 9.17) is 4.74 Å². The molecule has 2 aromatic heterocycles. The Balaban J connectivity index is 1.25. The maximum absolute atomic E-state index is 12.5. The average molecular weight is 451 g/mol. The molecule has 2 amide bonds. The second-order valence-electron chi connectivity index (χ2n) is 7.69. The van der Waals surface area contributed by atoms with Crippen LogP contribution in [0.4, 0.5) is 5.82 Å². The van der Waals surface area contributed by atoms with Crippen molar-refractivity contribution in [2.24, 2.45) is 0 Å². The van der Waals surface area contributed by atoms with Gasteiger partial charge in [0.25, 0.3) is 11.8 Å². The van der Waals surface area contributed by atoms with Gasteiger partial charge in [-0.3, -0.25) is 9.59 Å². The van der Waals surface area contributed by atoms with E-state index >= 15 is 0 Å². The first-order valence-corrected chi connectivity index (χ1v) is 11.5. The number of pyridine rings is 1. The van der Waals surface area contributed by atoms with Gasteiger partial charge in [-0.15, -0.1) is 11.3 Å². The number of benzene rings is 1. The molecule has 1 fully saturated rings. The monoisotopic (exact) mass is 450 g/mol. The molecule has 4 rings (SSSR count). The van der Waals surface area contributed by atoms with Crippen LogP contribution in [-0.4, -0.2) is 42.6 Å². The van der Waals surface area contributed by atoms with Crippen molar-refractivity contribution in [3.05, 3.63) is 81.7 Å². The van der Waals surface area contributed by atoms with Crippen LogP contribution in [0.2, 0.25) is 0 Å². The van der Waals surface area contributed by atoms with Gasteiger partial charge >= 0.3 is 0 Å². The molecule has 3 heterocycles. The van der Waals surface area contributed by atoms with Gasteiger partial charge in [-0.05, 0) is 47.7 Å². The average Bonchev–Trinajstić information content (AvgIpc) is 3.37. The SMILES string of the molecule is CC1CN(c2ccc(CNC(=O)c3ccc(CNC(=O)c4cccs4)cc3)cn2)CCO1. The van der Waals surface area contributed by atoms with E-state index < -0.39 is 0 Å². The minimum Gasteiger partial charge on any atom is -0.375 e. The Morgan fingerprint density at radius 3 is 2.50 bits per heavy atom. The molecule has 32 heavy (non-hydrogen) atoms. The highest BCUT2D eigenvalue weighted by Gasteiger charge is 2.17. The molecule has 1 aliphatic rings. The highest BCUT2D eigenvalue weighted by molar-refractivity contribution is 7.12. The summed E-state index contributed by atoms with van der Waals surface area (Å²) >= 11 is 1.41. The fourth-order valence-corrected chi connectivity index (χ4v) is 4.11. The van der Waals surface area contributed by atoms with Gasteiger partial charge in [-0.2, -0.15) is 0 Å². The van der Waals surface area contributed by atoms with Crippen molar-refractivity contribution < 1.29 is 14.3 Å². The van der Waals surface area contributed by atoms with Crippen LogP contribution in [0, 0.1) is 0 Å². The summed E-state index contributed by atoms with van der Waals surface area (Å²) in [6, 6.07) is 14.8. The molecule has 0 spiro atoms. The van der Waals surface area contributed by atoms with E-state index in [1.165, 1.54) is 11.3 Å². The maximum atomic E-state index is 12.5. The molecule has 166 valence electrons. The van der Waals surface area contributed by atoms with E-state index in [1.54, 1.807) is 24.4 Å². The van der Waals surface area contributed by atoms with E-state index in [9.17, 15) is 9.59 Å². The lowest BCUT2D eigenvalue weighted by Gasteiger charge is -2.32. The van der Waals surface area contributed by atoms with Crippen LogP contribution in [0.3, 0.4) is 0 Å². The predicted molar refractivity (Wildman–Crippen MR) is 125 cm³/mol. The molecule has 7 nitrogen and oxygen atoms in total. The normalized spacial score (nSPS) is 15.9. The van der Waals surface area contributed by atoms with Gasteiger partial charge in [0.1, 0.15) is 5.82 Å². The Labute approximate surface area is 191 Å². The van der Waals surface area contributed by atoms with Crippen LogP contribution in [0.25, 0.3) is 0 Å². The Bertz CT molecular complexity index is 1040.